The first-order chi connectivity index (χ1) is 15.9. The van der Waals surface area contributed by atoms with Gasteiger partial charge in [-0.05, 0) is 50.5 Å². The Morgan fingerprint density at radius 1 is 0.939 bits per heavy atom. The molecule has 1 saturated carbocycles. The Balaban J connectivity index is 1.16. The van der Waals surface area contributed by atoms with Crippen molar-refractivity contribution in [2.24, 2.45) is 5.41 Å². The average Bonchev–Trinajstić information content (AvgIpc) is 3.40. The number of fused-ring (bicyclic) bond motifs is 3. The number of halogens is 1. The topological polar surface area (TPSA) is 66.2 Å². The second-order valence-corrected chi connectivity index (χ2v) is 11.0. The van der Waals surface area contributed by atoms with Crippen LogP contribution in [0.5, 0.6) is 0 Å². The van der Waals surface area contributed by atoms with Crippen molar-refractivity contribution in [3.63, 3.8) is 0 Å². The van der Waals surface area contributed by atoms with Gasteiger partial charge in [-0.2, -0.15) is 0 Å². The molecule has 8 nitrogen and oxygen atoms in total. The van der Waals surface area contributed by atoms with Crippen LogP contribution in [-0.4, -0.2) is 61.4 Å². The molecule has 5 heterocycles. The van der Waals surface area contributed by atoms with Crippen LogP contribution in [0.2, 0.25) is 5.02 Å². The summed E-state index contributed by atoms with van der Waals surface area (Å²) in [7, 11) is 0. The van der Waals surface area contributed by atoms with Gasteiger partial charge in [0.2, 0.25) is 5.95 Å². The third-order valence-electron chi connectivity index (χ3n) is 7.97. The lowest BCUT2D eigenvalue weighted by atomic mass is 9.73. The summed E-state index contributed by atoms with van der Waals surface area (Å²) < 4.78 is 2.27. The Bertz CT molecular complexity index is 1250. The lowest BCUT2D eigenvalue weighted by Gasteiger charge is -2.60. The van der Waals surface area contributed by atoms with Gasteiger partial charge in [-0.15, -0.1) is 10.2 Å². The van der Waals surface area contributed by atoms with E-state index in [0.717, 1.165) is 73.3 Å². The average molecular weight is 463 g/mol. The van der Waals surface area contributed by atoms with Crippen molar-refractivity contribution in [2.75, 3.05) is 36.0 Å². The van der Waals surface area contributed by atoms with Crippen LogP contribution in [0.3, 0.4) is 0 Å². The molecule has 33 heavy (non-hydrogen) atoms. The van der Waals surface area contributed by atoms with Gasteiger partial charge in [0.1, 0.15) is 5.82 Å². The molecule has 0 bridgehead atoms. The van der Waals surface area contributed by atoms with Gasteiger partial charge in [0.05, 0.1) is 17.9 Å². The molecule has 4 aliphatic rings. The van der Waals surface area contributed by atoms with E-state index in [4.69, 9.17) is 11.6 Å². The quantitative estimate of drug-likeness (QED) is 0.592. The fourth-order valence-electron chi connectivity index (χ4n) is 5.80. The molecule has 9 heteroatoms. The molecule has 2 aromatic heterocycles. The molecular formula is C24H27ClN8. The SMILES string of the molecule is Cc1nccnc1N1CC2(C1)CN(c1nnc3n1-c1ccc(Cl)cc1CN(C1(C)CC1)C3)C2. The molecule has 170 valence electrons. The zero-order valence-electron chi connectivity index (χ0n) is 19.0. The van der Waals surface area contributed by atoms with Crippen LogP contribution in [0.1, 0.15) is 36.8 Å². The molecule has 0 N–H and O–H groups in total. The van der Waals surface area contributed by atoms with Crippen molar-refractivity contribution in [3.05, 3.63) is 52.7 Å². The Labute approximate surface area is 198 Å². The number of benzene rings is 1. The molecule has 3 aliphatic heterocycles. The van der Waals surface area contributed by atoms with E-state index in [1.807, 2.05) is 13.0 Å². The number of aryl methyl sites for hydroxylation is 1. The number of aromatic nitrogens is 5. The second kappa shape index (κ2) is 6.67. The number of anilines is 2. The number of hydrogen-bond donors (Lipinski definition) is 0. The molecule has 0 amide bonds. The minimum absolute atomic E-state index is 0.259. The molecular weight excluding hydrogens is 436 g/mol. The third-order valence-corrected chi connectivity index (χ3v) is 8.20. The van der Waals surface area contributed by atoms with Gasteiger partial charge in [-0.1, -0.05) is 11.6 Å². The van der Waals surface area contributed by atoms with Crippen LogP contribution in [0.25, 0.3) is 5.69 Å². The first-order valence-electron chi connectivity index (χ1n) is 11.7. The molecule has 0 unspecified atom stereocenters. The van der Waals surface area contributed by atoms with Crippen molar-refractivity contribution >= 4 is 23.4 Å². The Hall–Kier alpha value is -2.71. The smallest absolute Gasteiger partial charge is 0.231 e. The summed E-state index contributed by atoms with van der Waals surface area (Å²) in [5.74, 6) is 2.99. The lowest BCUT2D eigenvalue weighted by Crippen LogP contribution is -2.73. The lowest BCUT2D eigenvalue weighted by molar-refractivity contribution is 0.153. The van der Waals surface area contributed by atoms with Crippen molar-refractivity contribution < 1.29 is 0 Å². The van der Waals surface area contributed by atoms with Crippen LogP contribution in [0, 0.1) is 12.3 Å². The van der Waals surface area contributed by atoms with Gasteiger partial charge >= 0.3 is 0 Å². The monoisotopic (exact) mass is 462 g/mol. The minimum atomic E-state index is 0.259. The summed E-state index contributed by atoms with van der Waals surface area (Å²) in [6.07, 6.45) is 6.01. The van der Waals surface area contributed by atoms with Crippen molar-refractivity contribution in [1.82, 2.24) is 29.6 Å². The van der Waals surface area contributed by atoms with Crippen LogP contribution in [-0.2, 0) is 13.1 Å². The molecule has 2 saturated heterocycles. The Kier molecular flexibility index (Phi) is 3.99. The summed E-state index contributed by atoms with van der Waals surface area (Å²) in [6.45, 7) is 10.1. The largest absolute Gasteiger partial charge is 0.354 e. The van der Waals surface area contributed by atoms with E-state index in [1.54, 1.807) is 12.4 Å². The Morgan fingerprint density at radius 2 is 1.70 bits per heavy atom. The molecule has 3 fully saturated rings. The highest BCUT2D eigenvalue weighted by molar-refractivity contribution is 6.30. The normalized spacial score (nSPS) is 22.3. The summed E-state index contributed by atoms with van der Waals surface area (Å²) in [5, 5.41) is 10.1. The fourth-order valence-corrected chi connectivity index (χ4v) is 5.99. The Morgan fingerprint density at radius 3 is 2.45 bits per heavy atom. The zero-order valence-corrected chi connectivity index (χ0v) is 19.8. The molecule has 7 rings (SSSR count). The predicted octanol–water partition coefficient (Wildman–Crippen LogP) is 3.21. The van der Waals surface area contributed by atoms with Gasteiger partial charge in [-0.25, -0.2) is 4.98 Å². The summed E-state index contributed by atoms with van der Waals surface area (Å²) in [4.78, 5) is 16.2. The van der Waals surface area contributed by atoms with Gasteiger partial charge in [0.15, 0.2) is 5.82 Å². The minimum Gasteiger partial charge on any atom is -0.354 e. The van der Waals surface area contributed by atoms with Crippen LogP contribution < -0.4 is 9.80 Å². The maximum atomic E-state index is 6.40. The van der Waals surface area contributed by atoms with Gasteiger partial charge in [-0.3, -0.25) is 14.5 Å². The van der Waals surface area contributed by atoms with Crippen molar-refractivity contribution in [3.8, 4) is 5.69 Å². The van der Waals surface area contributed by atoms with E-state index in [0.29, 0.717) is 5.41 Å². The molecule has 1 spiro atoms. The zero-order chi connectivity index (χ0) is 22.4. The number of rotatable bonds is 3. The number of nitrogens with zero attached hydrogens (tertiary/aromatic N) is 8. The summed E-state index contributed by atoms with van der Waals surface area (Å²) >= 11 is 6.40. The van der Waals surface area contributed by atoms with E-state index < -0.39 is 0 Å². The maximum absolute atomic E-state index is 6.40. The second-order valence-electron chi connectivity index (χ2n) is 10.6. The highest BCUT2D eigenvalue weighted by Crippen LogP contribution is 2.46. The first-order valence-corrected chi connectivity index (χ1v) is 12.1. The maximum Gasteiger partial charge on any atom is 0.231 e. The van der Waals surface area contributed by atoms with Crippen LogP contribution in [0.15, 0.2) is 30.6 Å². The van der Waals surface area contributed by atoms with Gasteiger partial charge < -0.3 is 9.80 Å². The van der Waals surface area contributed by atoms with Gasteiger partial charge in [0, 0.05) is 61.1 Å². The molecule has 0 radical (unpaired) electrons. The van der Waals surface area contributed by atoms with Crippen LogP contribution in [0.4, 0.5) is 11.8 Å². The van der Waals surface area contributed by atoms with E-state index in [2.05, 4.69) is 58.5 Å². The van der Waals surface area contributed by atoms with Crippen molar-refractivity contribution in [2.45, 2.75) is 45.3 Å². The first kappa shape index (κ1) is 19.7. The third kappa shape index (κ3) is 3.00. The van der Waals surface area contributed by atoms with E-state index >= 15 is 0 Å². The molecule has 1 aromatic carbocycles. The van der Waals surface area contributed by atoms with Crippen molar-refractivity contribution in [1.29, 1.82) is 0 Å². The van der Waals surface area contributed by atoms with Gasteiger partial charge in [0.25, 0.3) is 0 Å². The molecule has 0 atom stereocenters. The standard InChI is InChI=1S/C24H27ClN8/c1-16-21(27-8-7-26-16)30-12-24(13-30)14-31(15-24)22-29-28-20-11-32(23(2)5-6-23)10-17-9-18(25)3-4-19(17)33(20)22/h3-4,7-9H,5-6,10-15H2,1-2H3. The van der Waals surface area contributed by atoms with Crippen LogP contribution >= 0.6 is 11.6 Å². The highest BCUT2D eigenvalue weighted by Gasteiger charge is 2.54. The molecule has 1 aliphatic carbocycles. The van der Waals surface area contributed by atoms with E-state index in [1.165, 1.54) is 18.4 Å². The fraction of sp³-hybridized carbons (Fsp3) is 0.500. The molecule has 3 aromatic rings. The highest BCUT2D eigenvalue weighted by atomic mass is 35.5. The predicted molar refractivity (Wildman–Crippen MR) is 127 cm³/mol. The number of hydrogen-bond acceptors (Lipinski definition) is 7. The van der Waals surface area contributed by atoms with E-state index in [9.17, 15) is 0 Å². The van der Waals surface area contributed by atoms with E-state index in [-0.39, 0.29) is 5.54 Å². The summed E-state index contributed by atoms with van der Waals surface area (Å²) in [6, 6.07) is 6.22. The summed E-state index contributed by atoms with van der Waals surface area (Å²) in [5.41, 5.74) is 3.97.